The Morgan fingerprint density at radius 1 is 1.35 bits per heavy atom. The number of likely N-dealkylation sites (N-methyl/N-ethyl adjacent to an activating group) is 1. The molecule has 0 bridgehead atoms. The van der Waals surface area contributed by atoms with Gasteiger partial charge in [-0.15, -0.1) is 0 Å². The van der Waals surface area contributed by atoms with Crippen molar-refractivity contribution in [2.24, 2.45) is 0 Å². The molecule has 5 heteroatoms. The van der Waals surface area contributed by atoms with Crippen molar-refractivity contribution in [2.75, 3.05) is 32.1 Å². The Kier molecular flexibility index (Phi) is 5.59. The molecular weight excluding hydrogens is 252 g/mol. The van der Waals surface area contributed by atoms with Gasteiger partial charge in [-0.3, -0.25) is 0 Å². The van der Waals surface area contributed by atoms with Crippen molar-refractivity contribution in [3.05, 3.63) is 11.9 Å². The van der Waals surface area contributed by atoms with Crippen LogP contribution in [0.4, 0.5) is 5.82 Å². The maximum atomic E-state index is 5.86. The van der Waals surface area contributed by atoms with Gasteiger partial charge in [-0.1, -0.05) is 13.8 Å². The lowest BCUT2D eigenvalue weighted by molar-refractivity contribution is 0.225. The molecule has 0 unspecified atom stereocenters. The van der Waals surface area contributed by atoms with Gasteiger partial charge in [-0.05, 0) is 32.7 Å². The van der Waals surface area contributed by atoms with Crippen molar-refractivity contribution < 1.29 is 4.74 Å². The summed E-state index contributed by atoms with van der Waals surface area (Å²) in [7, 11) is 2.16. The van der Waals surface area contributed by atoms with Gasteiger partial charge in [-0.25, -0.2) is 9.97 Å². The van der Waals surface area contributed by atoms with E-state index in [4.69, 9.17) is 4.74 Å². The molecule has 1 N–H and O–H groups in total. The van der Waals surface area contributed by atoms with Gasteiger partial charge in [-0.2, -0.15) is 0 Å². The Morgan fingerprint density at radius 2 is 2.15 bits per heavy atom. The zero-order valence-electron chi connectivity index (χ0n) is 12.9. The number of nitrogens with zero attached hydrogens (tertiary/aromatic N) is 3. The normalized spacial score (nSPS) is 14.6. The van der Waals surface area contributed by atoms with E-state index in [0.717, 1.165) is 49.2 Å². The van der Waals surface area contributed by atoms with Gasteiger partial charge < -0.3 is 15.0 Å². The quantitative estimate of drug-likeness (QED) is 0.751. The van der Waals surface area contributed by atoms with Crippen molar-refractivity contribution in [3.63, 3.8) is 0 Å². The zero-order valence-corrected chi connectivity index (χ0v) is 12.9. The number of hydrogen-bond acceptors (Lipinski definition) is 5. The lowest BCUT2D eigenvalue weighted by Gasteiger charge is -2.17. The number of nitrogens with one attached hydrogen (secondary N) is 1. The maximum Gasteiger partial charge on any atom is 0.221 e. The minimum absolute atomic E-state index is 0.685. The molecule has 1 aliphatic rings. The van der Waals surface area contributed by atoms with E-state index in [9.17, 15) is 0 Å². The molecule has 20 heavy (non-hydrogen) atoms. The van der Waals surface area contributed by atoms with Crippen LogP contribution in [0.2, 0.25) is 0 Å². The monoisotopic (exact) mass is 278 g/mol. The minimum Gasteiger partial charge on any atom is -0.476 e. The molecule has 0 saturated heterocycles. The van der Waals surface area contributed by atoms with E-state index >= 15 is 0 Å². The predicted molar refractivity (Wildman–Crippen MR) is 81.3 cm³/mol. The zero-order chi connectivity index (χ0) is 14.4. The van der Waals surface area contributed by atoms with Crippen LogP contribution in [0.25, 0.3) is 0 Å². The first-order valence-electron chi connectivity index (χ1n) is 7.67. The summed E-state index contributed by atoms with van der Waals surface area (Å²) in [5.41, 5.74) is 1.08. The Morgan fingerprint density at radius 3 is 2.80 bits per heavy atom. The highest BCUT2D eigenvalue weighted by atomic mass is 16.5. The summed E-state index contributed by atoms with van der Waals surface area (Å²) < 4.78 is 5.86. The average Bonchev–Trinajstić information content (AvgIpc) is 3.29. The molecule has 1 fully saturated rings. The fourth-order valence-corrected chi connectivity index (χ4v) is 2.22. The Balaban J connectivity index is 1.91. The van der Waals surface area contributed by atoms with Crippen LogP contribution in [0.3, 0.4) is 0 Å². The van der Waals surface area contributed by atoms with Crippen LogP contribution in [0.5, 0.6) is 5.88 Å². The summed E-state index contributed by atoms with van der Waals surface area (Å²) in [6.45, 7) is 6.82. The standard InChI is InChI=1S/C15H26N4O/c1-4-8-16-14-13(5-2)15(18-11-17-14)20-10-9-19(3)12-6-7-12/h11-12H,4-10H2,1-3H3,(H,16,17,18). The Labute approximate surface area is 121 Å². The third-order valence-electron chi connectivity index (χ3n) is 3.65. The molecule has 5 nitrogen and oxygen atoms in total. The number of rotatable bonds is 9. The van der Waals surface area contributed by atoms with Crippen LogP contribution in [-0.2, 0) is 6.42 Å². The van der Waals surface area contributed by atoms with E-state index in [0.29, 0.717) is 6.61 Å². The fraction of sp³-hybridized carbons (Fsp3) is 0.733. The molecule has 1 heterocycles. The van der Waals surface area contributed by atoms with Gasteiger partial charge >= 0.3 is 0 Å². The molecule has 2 rings (SSSR count). The highest BCUT2D eigenvalue weighted by Gasteiger charge is 2.25. The maximum absolute atomic E-state index is 5.86. The second-order valence-electron chi connectivity index (χ2n) is 5.35. The average molecular weight is 278 g/mol. The molecule has 1 aromatic heterocycles. The molecule has 0 aromatic carbocycles. The van der Waals surface area contributed by atoms with Gasteiger partial charge in [0.05, 0.1) is 5.56 Å². The van der Waals surface area contributed by atoms with Crippen LogP contribution in [0, 0.1) is 0 Å². The molecule has 0 amide bonds. The van der Waals surface area contributed by atoms with Gasteiger partial charge in [0, 0.05) is 19.1 Å². The number of aromatic nitrogens is 2. The predicted octanol–water partition coefficient (Wildman–Crippen LogP) is 2.33. The first kappa shape index (κ1) is 15.0. The molecule has 112 valence electrons. The van der Waals surface area contributed by atoms with Crippen LogP contribution in [0.1, 0.15) is 38.7 Å². The number of hydrogen-bond donors (Lipinski definition) is 1. The van der Waals surface area contributed by atoms with Gasteiger partial charge in [0.25, 0.3) is 0 Å². The molecule has 0 aliphatic heterocycles. The molecule has 0 radical (unpaired) electrons. The third kappa shape index (κ3) is 4.07. The molecule has 1 aromatic rings. The van der Waals surface area contributed by atoms with E-state index in [1.807, 2.05) is 0 Å². The van der Waals surface area contributed by atoms with E-state index in [2.05, 4.69) is 41.1 Å². The molecule has 1 saturated carbocycles. The van der Waals surface area contributed by atoms with Crippen molar-refractivity contribution in [1.82, 2.24) is 14.9 Å². The molecule has 0 atom stereocenters. The van der Waals surface area contributed by atoms with Crippen molar-refractivity contribution >= 4 is 5.82 Å². The molecular formula is C15H26N4O. The van der Waals surface area contributed by atoms with Gasteiger partial charge in [0.2, 0.25) is 5.88 Å². The lowest BCUT2D eigenvalue weighted by atomic mass is 10.2. The summed E-state index contributed by atoms with van der Waals surface area (Å²) in [6, 6.07) is 0.774. The van der Waals surface area contributed by atoms with Crippen molar-refractivity contribution in [2.45, 2.75) is 45.6 Å². The van der Waals surface area contributed by atoms with Crippen molar-refractivity contribution in [3.8, 4) is 5.88 Å². The second-order valence-corrected chi connectivity index (χ2v) is 5.35. The van der Waals surface area contributed by atoms with Gasteiger partial charge in [0.15, 0.2) is 0 Å². The summed E-state index contributed by atoms with van der Waals surface area (Å²) in [5.74, 6) is 1.64. The summed E-state index contributed by atoms with van der Waals surface area (Å²) >= 11 is 0. The van der Waals surface area contributed by atoms with Crippen LogP contribution >= 0.6 is 0 Å². The topological polar surface area (TPSA) is 50.3 Å². The molecule has 0 spiro atoms. The highest BCUT2D eigenvalue weighted by molar-refractivity contribution is 5.48. The summed E-state index contributed by atoms with van der Waals surface area (Å²) in [4.78, 5) is 11.0. The summed E-state index contributed by atoms with van der Waals surface area (Å²) in [6.07, 6.45) is 6.19. The number of anilines is 1. The van der Waals surface area contributed by atoms with Gasteiger partial charge in [0.1, 0.15) is 18.8 Å². The Bertz CT molecular complexity index is 420. The summed E-state index contributed by atoms with van der Waals surface area (Å²) in [5, 5.41) is 3.34. The van der Waals surface area contributed by atoms with Crippen LogP contribution in [0.15, 0.2) is 6.33 Å². The SMILES string of the molecule is CCCNc1ncnc(OCCN(C)C2CC2)c1CC. The minimum atomic E-state index is 0.685. The fourth-order valence-electron chi connectivity index (χ4n) is 2.22. The molecule has 1 aliphatic carbocycles. The van der Waals surface area contributed by atoms with E-state index in [1.54, 1.807) is 6.33 Å². The van der Waals surface area contributed by atoms with Crippen LogP contribution in [-0.4, -0.2) is 47.7 Å². The van der Waals surface area contributed by atoms with Crippen LogP contribution < -0.4 is 10.1 Å². The number of ether oxygens (including phenoxy) is 1. The van der Waals surface area contributed by atoms with E-state index in [-0.39, 0.29) is 0 Å². The lowest BCUT2D eigenvalue weighted by Crippen LogP contribution is -2.26. The van der Waals surface area contributed by atoms with E-state index in [1.165, 1.54) is 12.8 Å². The third-order valence-corrected chi connectivity index (χ3v) is 3.65. The largest absolute Gasteiger partial charge is 0.476 e. The second kappa shape index (κ2) is 7.43. The first-order chi connectivity index (χ1) is 9.76. The Hall–Kier alpha value is -1.36. The first-order valence-corrected chi connectivity index (χ1v) is 7.67. The van der Waals surface area contributed by atoms with Crippen molar-refractivity contribution in [1.29, 1.82) is 0 Å². The van der Waals surface area contributed by atoms with E-state index < -0.39 is 0 Å². The highest BCUT2D eigenvalue weighted by Crippen LogP contribution is 2.25. The smallest absolute Gasteiger partial charge is 0.221 e.